The molecule has 5 nitrogen and oxygen atoms in total. The average Bonchev–Trinajstić information content (AvgIpc) is 1.97. The van der Waals surface area contributed by atoms with E-state index >= 15 is 0 Å². The molecule has 11 heavy (non-hydrogen) atoms. The highest BCUT2D eigenvalue weighted by atomic mass is 16.6. The first-order valence-corrected chi connectivity index (χ1v) is 3.18. The van der Waals surface area contributed by atoms with Crippen molar-refractivity contribution >= 4 is 0 Å². The Labute approximate surface area is 63.2 Å². The predicted octanol–water partition coefficient (Wildman–Crippen LogP) is -1.50. The fourth-order valence-corrected chi connectivity index (χ4v) is 0.831. The third-order valence-electron chi connectivity index (χ3n) is 1.46. The van der Waals surface area contributed by atoms with Gasteiger partial charge in [-0.3, -0.25) is 0 Å². The second-order valence-corrected chi connectivity index (χ2v) is 2.29. The van der Waals surface area contributed by atoms with Crippen molar-refractivity contribution in [1.82, 2.24) is 0 Å². The van der Waals surface area contributed by atoms with Crippen LogP contribution in [0, 0.1) is 0 Å². The molecule has 0 saturated heterocycles. The first kappa shape index (κ1) is 8.48. The Morgan fingerprint density at radius 2 is 2.09 bits per heavy atom. The fourth-order valence-electron chi connectivity index (χ4n) is 0.831. The van der Waals surface area contributed by atoms with Crippen molar-refractivity contribution in [2.75, 3.05) is 6.61 Å². The Bertz CT molecular complexity index is 166. The van der Waals surface area contributed by atoms with Crippen LogP contribution in [0.5, 0.6) is 0 Å². The quantitative estimate of drug-likeness (QED) is 0.376. The van der Waals surface area contributed by atoms with Gasteiger partial charge in [0.15, 0.2) is 0 Å². The molecule has 1 heterocycles. The molecule has 0 aromatic heterocycles. The summed E-state index contributed by atoms with van der Waals surface area (Å²) < 4.78 is 4.60. The summed E-state index contributed by atoms with van der Waals surface area (Å²) in [4.78, 5) is 0. The van der Waals surface area contributed by atoms with Crippen molar-refractivity contribution < 1.29 is 25.2 Å². The smallest absolute Gasteiger partial charge is 0.214 e. The van der Waals surface area contributed by atoms with E-state index in [0.29, 0.717) is 0 Å². The molecular formula is C6H10O5. The molecule has 3 atom stereocenters. The zero-order valence-corrected chi connectivity index (χ0v) is 5.71. The minimum atomic E-state index is -1.43. The SMILES string of the molecule is OC[C@H]1O[C@H](O)C(O)=C[C@@H]1O. The molecule has 1 aliphatic rings. The van der Waals surface area contributed by atoms with E-state index in [9.17, 15) is 0 Å². The third-order valence-corrected chi connectivity index (χ3v) is 1.46. The van der Waals surface area contributed by atoms with Crippen molar-refractivity contribution in [2.24, 2.45) is 0 Å². The Hall–Kier alpha value is -0.620. The molecule has 0 spiro atoms. The Morgan fingerprint density at radius 3 is 2.64 bits per heavy atom. The van der Waals surface area contributed by atoms with E-state index in [-0.39, 0.29) is 0 Å². The standard InChI is InChI=1S/C6H10O5/c7-2-5-3(8)1-4(9)6(10)11-5/h1,3,5-10H,2H2/t3-,5+,6-/m0/s1. The van der Waals surface area contributed by atoms with E-state index in [1.54, 1.807) is 0 Å². The predicted molar refractivity (Wildman–Crippen MR) is 34.7 cm³/mol. The highest BCUT2D eigenvalue weighted by molar-refractivity contribution is 5.04. The maximum Gasteiger partial charge on any atom is 0.214 e. The molecule has 0 bridgehead atoms. The van der Waals surface area contributed by atoms with Gasteiger partial charge in [-0.1, -0.05) is 0 Å². The molecule has 0 aromatic carbocycles. The molecule has 0 saturated carbocycles. The Balaban J connectivity index is 2.67. The summed E-state index contributed by atoms with van der Waals surface area (Å²) in [6, 6.07) is 0. The summed E-state index contributed by atoms with van der Waals surface area (Å²) in [6.07, 6.45) is -2.32. The summed E-state index contributed by atoms with van der Waals surface area (Å²) >= 11 is 0. The maximum atomic E-state index is 9.02. The minimum absolute atomic E-state index is 0.401. The molecule has 5 heteroatoms. The zero-order chi connectivity index (χ0) is 8.43. The van der Waals surface area contributed by atoms with Crippen LogP contribution < -0.4 is 0 Å². The molecule has 0 aromatic rings. The fraction of sp³-hybridized carbons (Fsp3) is 0.667. The first-order valence-electron chi connectivity index (χ1n) is 3.18. The van der Waals surface area contributed by atoms with E-state index < -0.39 is 30.9 Å². The number of rotatable bonds is 1. The van der Waals surface area contributed by atoms with E-state index in [1.807, 2.05) is 0 Å². The van der Waals surface area contributed by atoms with Crippen LogP contribution in [0.25, 0.3) is 0 Å². The second kappa shape index (κ2) is 3.19. The molecule has 64 valence electrons. The average molecular weight is 162 g/mol. The number of aliphatic hydroxyl groups is 4. The number of ether oxygens (including phenoxy) is 1. The molecule has 0 amide bonds. The molecule has 0 aliphatic carbocycles. The van der Waals surface area contributed by atoms with Crippen molar-refractivity contribution in [3.8, 4) is 0 Å². The lowest BCUT2D eigenvalue weighted by molar-refractivity contribution is -0.175. The van der Waals surface area contributed by atoms with Crippen LogP contribution in [0.1, 0.15) is 0 Å². The maximum absolute atomic E-state index is 9.02. The highest BCUT2D eigenvalue weighted by Gasteiger charge is 2.28. The van der Waals surface area contributed by atoms with Gasteiger partial charge < -0.3 is 25.2 Å². The van der Waals surface area contributed by atoms with Gasteiger partial charge in [-0.2, -0.15) is 0 Å². The monoisotopic (exact) mass is 162 g/mol. The lowest BCUT2D eigenvalue weighted by Gasteiger charge is -2.26. The van der Waals surface area contributed by atoms with Gasteiger partial charge in [0.05, 0.1) is 6.61 Å². The molecule has 0 unspecified atom stereocenters. The number of hydrogen-bond donors (Lipinski definition) is 4. The normalized spacial score (nSPS) is 38.5. The lowest BCUT2D eigenvalue weighted by atomic mass is 10.1. The molecule has 0 radical (unpaired) electrons. The Kier molecular flexibility index (Phi) is 2.45. The third kappa shape index (κ3) is 1.69. The number of aliphatic hydroxyl groups excluding tert-OH is 4. The first-order chi connectivity index (χ1) is 5.15. The van der Waals surface area contributed by atoms with Gasteiger partial charge in [-0.05, 0) is 6.08 Å². The van der Waals surface area contributed by atoms with Gasteiger partial charge in [-0.25, -0.2) is 0 Å². The van der Waals surface area contributed by atoms with Gasteiger partial charge in [0.1, 0.15) is 18.0 Å². The van der Waals surface area contributed by atoms with Crippen LogP contribution >= 0.6 is 0 Å². The van der Waals surface area contributed by atoms with Crippen molar-refractivity contribution in [2.45, 2.75) is 18.5 Å². The topological polar surface area (TPSA) is 90.2 Å². The van der Waals surface area contributed by atoms with Gasteiger partial charge in [0.2, 0.25) is 6.29 Å². The van der Waals surface area contributed by atoms with E-state index in [4.69, 9.17) is 20.4 Å². The zero-order valence-electron chi connectivity index (χ0n) is 5.71. The van der Waals surface area contributed by atoms with E-state index in [2.05, 4.69) is 4.74 Å². The lowest BCUT2D eigenvalue weighted by Crippen LogP contribution is -2.40. The molecule has 4 N–H and O–H groups in total. The summed E-state index contributed by atoms with van der Waals surface area (Å²) in [5, 5.41) is 35.2. The van der Waals surface area contributed by atoms with Crippen molar-refractivity contribution in [1.29, 1.82) is 0 Å². The molecule has 0 fully saturated rings. The van der Waals surface area contributed by atoms with E-state index in [0.717, 1.165) is 6.08 Å². The van der Waals surface area contributed by atoms with Crippen LogP contribution in [0.4, 0.5) is 0 Å². The Morgan fingerprint density at radius 1 is 1.45 bits per heavy atom. The van der Waals surface area contributed by atoms with Crippen LogP contribution in [-0.4, -0.2) is 45.5 Å². The van der Waals surface area contributed by atoms with Crippen LogP contribution in [-0.2, 0) is 4.74 Å². The number of hydrogen-bond acceptors (Lipinski definition) is 5. The van der Waals surface area contributed by atoms with Gasteiger partial charge in [0, 0.05) is 0 Å². The van der Waals surface area contributed by atoms with Crippen molar-refractivity contribution in [3.05, 3.63) is 11.8 Å². The van der Waals surface area contributed by atoms with Crippen LogP contribution in [0.15, 0.2) is 11.8 Å². The summed E-state index contributed by atoms with van der Waals surface area (Å²) in [5.41, 5.74) is 0. The van der Waals surface area contributed by atoms with Gasteiger partial charge >= 0.3 is 0 Å². The molecular weight excluding hydrogens is 152 g/mol. The van der Waals surface area contributed by atoms with Crippen LogP contribution in [0.2, 0.25) is 0 Å². The second-order valence-electron chi connectivity index (χ2n) is 2.29. The summed E-state index contributed by atoms with van der Waals surface area (Å²) in [5.74, 6) is -0.429. The van der Waals surface area contributed by atoms with Gasteiger partial charge in [0.25, 0.3) is 0 Å². The largest absolute Gasteiger partial charge is 0.507 e. The highest BCUT2D eigenvalue weighted by Crippen LogP contribution is 2.15. The van der Waals surface area contributed by atoms with Gasteiger partial charge in [-0.15, -0.1) is 0 Å². The summed E-state index contributed by atoms with van der Waals surface area (Å²) in [6.45, 7) is -0.401. The summed E-state index contributed by atoms with van der Waals surface area (Å²) in [7, 11) is 0. The molecule has 1 aliphatic heterocycles. The minimum Gasteiger partial charge on any atom is -0.507 e. The van der Waals surface area contributed by atoms with Crippen LogP contribution in [0.3, 0.4) is 0 Å². The van der Waals surface area contributed by atoms with E-state index in [1.165, 1.54) is 0 Å². The molecule has 1 rings (SSSR count). The van der Waals surface area contributed by atoms with Crippen molar-refractivity contribution in [3.63, 3.8) is 0 Å².